The zero-order valence-corrected chi connectivity index (χ0v) is 12.0. The van der Waals surface area contributed by atoms with Crippen molar-refractivity contribution in [3.63, 3.8) is 0 Å². The minimum absolute atomic E-state index is 0.0786. The Labute approximate surface area is 130 Å². The number of benzene rings is 2. The van der Waals surface area contributed by atoms with E-state index >= 15 is 0 Å². The summed E-state index contributed by atoms with van der Waals surface area (Å²) in [5.74, 6) is -1.78. The van der Waals surface area contributed by atoms with Crippen LogP contribution in [-0.2, 0) is 0 Å². The third kappa shape index (κ3) is 2.46. The van der Waals surface area contributed by atoms with Gasteiger partial charge in [0, 0.05) is 10.6 Å². The number of para-hydroxylation sites is 1. The number of hydrogen-bond donors (Lipinski definition) is 1. The quantitative estimate of drug-likeness (QED) is 0.793. The van der Waals surface area contributed by atoms with Crippen molar-refractivity contribution in [1.82, 2.24) is 9.78 Å². The van der Waals surface area contributed by atoms with Gasteiger partial charge in [-0.1, -0.05) is 29.8 Å². The number of aromatic nitrogens is 2. The highest BCUT2D eigenvalue weighted by molar-refractivity contribution is 6.30. The number of rotatable bonds is 3. The summed E-state index contributed by atoms with van der Waals surface area (Å²) in [6.45, 7) is 0. The van der Waals surface area contributed by atoms with E-state index in [-0.39, 0.29) is 21.8 Å². The van der Waals surface area contributed by atoms with Crippen LogP contribution in [0.5, 0.6) is 0 Å². The van der Waals surface area contributed by atoms with Crippen LogP contribution in [0.3, 0.4) is 0 Å². The van der Waals surface area contributed by atoms with Crippen LogP contribution in [0, 0.1) is 5.82 Å². The second-order valence-electron chi connectivity index (χ2n) is 4.58. The van der Waals surface area contributed by atoms with Gasteiger partial charge in [0.15, 0.2) is 0 Å². The fourth-order valence-electron chi connectivity index (χ4n) is 2.21. The average Bonchev–Trinajstić information content (AvgIpc) is 2.93. The van der Waals surface area contributed by atoms with E-state index in [0.29, 0.717) is 5.69 Å². The number of hydrogen-bond acceptors (Lipinski definition) is 2. The van der Waals surface area contributed by atoms with E-state index in [9.17, 15) is 14.3 Å². The molecule has 6 heteroatoms. The number of carbonyl (C=O) groups is 1. The fraction of sp³-hybridized carbons (Fsp3) is 0. The van der Waals surface area contributed by atoms with Crippen molar-refractivity contribution in [1.29, 1.82) is 0 Å². The largest absolute Gasteiger partial charge is 0.478 e. The summed E-state index contributed by atoms with van der Waals surface area (Å²) in [6, 6.07) is 13.0. The predicted molar refractivity (Wildman–Crippen MR) is 80.9 cm³/mol. The van der Waals surface area contributed by atoms with Gasteiger partial charge < -0.3 is 5.11 Å². The van der Waals surface area contributed by atoms with Crippen molar-refractivity contribution >= 4 is 17.6 Å². The molecule has 0 amide bonds. The molecule has 2 aromatic carbocycles. The van der Waals surface area contributed by atoms with Crippen LogP contribution in [0.2, 0.25) is 5.02 Å². The highest BCUT2D eigenvalue weighted by Gasteiger charge is 2.21. The standard InChI is InChI=1S/C16H10ClFN2O2/c17-10-6-7-12(14(18)8-10)15-13(16(21)22)9-19-20(15)11-4-2-1-3-5-11/h1-9H,(H,21,22). The van der Waals surface area contributed by atoms with Crippen molar-refractivity contribution in [2.75, 3.05) is 0 Å². The summed E-state index contributed by atoms with van der Waals surface area (Å²) in [6.07, 6.45) is 1.21. The summed E-state index contributed by atoms with van der Waals surface area (Å²) in [5, 5.41) is 13.7. The summed E-state index contributed by atoms with van der Waals surface area (Å²) >= 11 is 5.76. The smallest absolute Gasteiger partial charge is 0.339 e. The van der Waals surface area contributed by atoms with Gasteiger partial charge in [-0.3, -0.25) is 0 Å². The van der Waals surface area contributed by atoms with E-state index in [4.69, 9.17) is 11.6 Å². The molecule has 0 spiro atoms. The second kappa shape index (κ2) is 5.61. The van der Waals surface area contributed by atoms with Crippen molar-refractivity contribution in [2.24, 2.45) is 0 Å². The molecule has 0 atom stereocenters. The monoisotopic (exact) mass is 316 g/mol. The van der Waals surface area contributed by atoms with Crippen LogP contribution in [-0.4, -0.2) is 20.9 Å². The van der Waals surface area contributed by atoms with Crippen molar-refractivity contribution in [3.8, 4) is 16.9 Å². The van der Waals surface area contributed by atoms with Crippen LogP contribution < -0.4 is 0 Å². The van der Waals surface area contributed by atoms with Crippen LogP contribution in [0.15, 0.2) is 54.7 Å². The first-order valence-corrected chi connectivity index (χ1v) is 6.78. The molecule has 1 aromatic heterocycles. The molecule has 3 rings (SSSR count). The van der Waals surface area contributed by atoms with E-state index in [1.807, 2.05) is 6.07 Å². The Hall–Kier alpha value is -2.66. The molecule has 0 saturated carbocycles. The molecule has 0 aliphatic carbocycles. The number of aromatic carboxylic acids is 1. The Morgan fingerprint density at radius 3 is 2.55 bits per heavy atom. The fourth-order valence-corrected chi connectivity index (χ4v) is 2.37. The highest BCUT2D eigenvalue weighted by Crippen LogP contribution is 2.30. The first-order valence-electron chi connectivity index (χ1n) is 6.40. The Morgan fingerprint density at radius 2 is 1.91 bits per heavy atom. The zero-order valence-electron chi connectivity index (χ0n) is 11.2. The van der Waals surface area contributed by atoms with Gasteiger partial charge in [0.05, 0.1) is 17.6 Å². The lowest BCUT2D eigenvalue weighted by Gasteiger charge is -2.10. The van der Waals surface area contributed by atoms with Gasteiger partial charge >= 0.3 is 5.97 Å². The SMILES string of the molecule is O=C(O)c1cnn(-c2ccccc2)c1-c1ccc(Cl)cc1F. The van der Waals surface area contributed by atoms with Crippen molar-refractivity contribution < 1.29 is 14.3 Å². The number of carboxylic acids is 1. The molecule has 0 unspecified atom stereocenters. The van der Waals surface area contributed by atoms with Gasteiger partial charge in [0.2, 0.25) is 0 Å². The van der Waals surface area contributed by atoms with Crippen molar-refractivity contribution in [3.05, 3.63) is 71.1 Å². The minimum Gasteiger partial charge on any atom is -0.478 e. The van der Waals surface area contributed by atoms with Crippen LogP contribution in [0.25, 0.3) is 16.9 Å². The summed E-state index contributed by atoms with van der Waals surface area (Å²) in [7, 11) is 0. The van der Waals surface area contributed by atoms with Gasteiger partial charge in [-0.15, -0.1) is 0 Å². The van der Waals surface area contributed by atoms with E-state index in [1.165, 1.54) is 23.0 Å². The van der Waals surface area contributed by atoms with E-state index < -0.39 is 11.8 Å². The molecule has 1 N–H and O–H groups in total. The number of nitrogens with zero attached hydrogens (tertiary/aromatic N) is 2. The molecule has 0 bridgehead atoms. The summed E-state index contributed by atoms with van der Waals surface area (Å²) in [4.78, 5) is 11.4. The lowest BCUT2D eigenvalue weighted by molar-refractivity contribution is 0.0697. The van der Waals surface area contributed by atoms with Gasteiger partial charge in [-0.2, -0.15) is 5.10 Å². The Morgan fingerprint density at radius 1 is 1.18 bits per heavy atom. The lowest BCUT2D eigenvalue weighted by atomic mass is 10.1. The molecule has 1 heterocycles. The van der Waals surface area contributed by atoms with E-state index in [1.54, 1.807) is 24.3 Å². The van der Waals surface area contributed by atoms with Crippen LogP contribution >= 0.6 is 11.6 Å². The molecule has 0 aliphatic heterocycles. The molecule has 4 nitrogen and oxygen atoms in total. The maximum atomic E-state index is 14.2. The second-order valence-corrected chi connectivity index (χ2v) is 5.02. The first kappa shape index (κ1) is 14.3. The molecule has 0 radical (unpaired) electrons. The van der Waals surface area contributed by atoms with Gasteiger partial charge in [0.1, 0.15) is 11.4 Å². The van der Waals surface area contributed by atoms with Gasteiger partial charge in [0.25, 0.3) is 0 Å². The molecular weight excluding hydrogens is 307 g/mol. The Bertz CT molecular complexity index is 847. The third-order valence-corrected chi connectivity index (χ3v) is 3.42. The molecular formula is C16H10ClFN2O2. The predicted octanol–water partition coefficient (Wildman–Crippen LogP) is 4.03. The zero-order chi connectivity index (χ0) is 15.7. The van der Waals surface area contributed by atoms with E-state index in [0.717, 1.165) is 6.07 Å². The lowest BCUT2D eigenvalue weighted by Crippen LogP contribution is -2.04. The molecule has 0 saturated heterocycles. The van der Waals surface area contributed by atoms with Crippen molar-refractivity contribution in [2.45, 2.75) is 0 Å². The normalized spacial score (nSPS) is 10.6. The first-order chi connectivity index (χ1) is 10.6. The summed E-state index contributed by atoms with van der Waals surface area (Å²) in [5.41, 5.74) is 0.862. The highest BCUT2D eigenvalue weighted by atomic mass is 35.5. The number of carboxylic acid groups (broad SMARTS) is 1. The van der Waals surface area contributed by atoms with Gasteiger partial charge in [-0.25, -0.2) is 13.9 Å². The average molecular weight is 317 g/mol. The van der Waals surface area contributed by atoms with Crippen LogP contribution in [0.1, 0.15) is 10.4 Å². The number of halogens is 2. The molecule has 110 valence electrons. The van der Waals surface area contributed by atoms with Gasteiger partial charge in [-0.05, 0) is 30.3 Å². The topological polar surface area (TPSA) is 55.1 Å². The third-order valence-electron chi connectivity index (χ3n) is 3.19. The Kier molecular flexibility index (Phi) is 3.65. The Balaban J connectivity index is 2.28. The van der Waals surface area contributed by atoms with Crippen LogP contribution in [0.4, 0.5) is 4.39 Å². The molecule has 22 heavy (non-hydrogen) atoms. The maximum Gasteiger partial charge on any atom is 0.339 e. The molecule has 0 aliphatic rings. The maximum absolute atomic E-state index is 14.2. The van der Waals surface area contributed by atoms with E-state index in [2.05, 4.69) is 5.10 Å². The molecule has 0 fully saturated rings. The minimum atomic E-state index is -1.17. The molecule has 3 aromatic rings. The summed E-state index contributed by atoms with van der Waals surface area (Å²) < 4.78 is 15.6.